The zero-order valence-corrected chi connectivity index (χ0v) is 21.1. The first-order chi connectivity index (χ1) is 16.8. The molecule has 180 valence electrons. The van der Waals surface area contributed by atoms with Crippen molar-refractivity contribution in [2.45, 2.75) is 19.8 Å². The number of methoxy groups -OCH3 is 1. The van der Waals surface area contributed by atoms with Crippen molar-refractivity contribution in [3.8, 4) is 16.9 Å². The topological polar surface area (TPSA) is 85.8 Å². The number of allylic oxidation sites excluding steroid dienone is 1. The van der Waals surface area contributed by atoms with Crippen molar-refractivity contribution in [3.05, 3.63) is 86.9 Å². The molecule has 7 heteroatoms. The lowest BCUT2D eigenvalue weighted by molar-refractivity contribution is 0.0997. The van der Waals surface area contributed by atoms with Gasteiger partial charge in [0.15, 0.2) is 11.5 Å². The molecule has 0 radical (unpaired) electrons. The number of fused-ring (bicyclic) bond motifs is 1. The molecule has 0 unspecified atom stereocenters. The highest BCUT2D eigenvalue weighted by Crippen LogP contribution is 2.37. The fraction of sp³-hybridized carbons (Fsp3) is 0.214. The van der Waals surface area contributed by atoms with Crippen molar-refractivity contribution in [2.24, 2.45) is 5.73 Å². The first-order valence-corrected chi connectivity index (χ1v) is 12.2. The Labute approximate surface area is 208 Å². The van der Waals surface area contributed by atoms with Gasteiger partial charge in [0.25, 0.3) is 5.91 Å². The average Bonchev–Trinajstić information content (AvgIpc) is 3.29. The molecule has 2 aromatic carbocycles. The molecule has 2 heterocycles. The van der Waals surface area contributed by atoms with E-state index in [4.69, 9.17) is 14.9 Å². The number of thiophene rings is 1. The number of carbonyl (C=O) groups is 1. The fourth-order valence-corrected chi connectivity index (χ4v) is 4.97. The zero-order valence-electron chi connectivity index (χ0n) is 20.3. The molecule has 35 heavy (non-hydrogen) atoms. The Morgan fingerprint density at radius 3 is 2.63 bits per heavy atom. The molecule has 0 fully saturated rings. The summed E-state index contributed by atoms with van der Waals surface area (Å²) in [5, 5.41) is 1.95. The predicted molar refractivity (Wildman–Crippen MR) is 144 cm³/mol. The number of nitrogens with two attached hydrogens (primary N) is 1. The van der Waals surface area contributed by atoms with Gasteiger partial charge < -0.3 is 19.8 Å². The highest BCUT2D eigenvalue weighted by molar-refractivity contribution is 7.17. The van der Waals surface area contributed by atoms with E-state index in [-0.39, 0.29) is 5.43 Å². The molecule has 0 aliphatic heterocycles. The molecule has 0 spiro atoms. The highest BCUT2D eigenvalue weighted by atomic mass is 32.1. The molecule has 0 aliphatic rings. The number of anilines is 1. The van der Waals surface area contributed by atoms with Gasteiger partial charge >= 0.3 is 0 Å². The highest BCUT2D eigenvalue weighted by Gasteiger charge is 2.20. The summed E-state index contributed by atoms with van der Waals surface area (Å²) in [5.74, 6) is 0.400. The van der Waals surface area contributed by atoms with Gasteiger partial charge in [-0.2, -0.15) is 0 Å². The standard InChI is InChI=1S/C28H28N2O4S/c1-5-6-11-19(20-12-8-13-23(33-4)25(20)28(29)32)17-9-7-10-18(14-17)21-16-35-27-22(31)15-24(30(2)3)34-26(21)27/h7-16H,5-6H2,1-4H3,(H2,29,32)/b19-11-. The maximum absolute atomic E-state index is 12.6. The number of ether oxygens (including phenoxy) is 1. The van der Waals surface area contributed by atoms with E-state index in [0.717, 1.165) is 40.7 Å². The molecule has 1 amide bonds. The largest absolute Gasteiger partial charge is 0.496 e. The van der Waals surface area contributed by atoms with Gasteiger partial charge in [-0.05, 0) is 40.8 Å². The number of benzene rings is 2. The van der Waals surface area contributed by atoms with Crippen LogP contribution in [0.5, 0.6) is 5.75 Å². The van der Waals surface area contributed by atoms with Crippen LogP contribution >= 0.6 is 11.3 Å². The van der Waals surface area contributed by atoms with Crippen molar-refractivity contribution >= 4 is 39.0 Å². The molecule has 6 nitrogen and oxygen atoms in total. The first-order valence-electron chi connectivity index (χ1n) is 11.4. The summed E-state index contributed by atoms with van der Waals surface area (Å²) in [6.45, 7) is 2.10. The third kappa shape index (κ3) is 4.72. The van der Waals surface area contributed by atoms with E-state index in [1.165, 1.54) is 24.5 Å². The van der Waals surface area contributed by atoms with Crippen molar-refractivity contribution in [2.75, 3.05) is 26.1 Å². The number of amides is 1. The van der Waals surface area contributed by atoms with Crippen molar-refractivity contribution in [3.63, 3.8) is 0 Å². The summed E-state index contributed by atoms with van der Waals surface area (Å²) < 4.78 is 12.1. The number of hydrogen-bond donors (Lipinski definition) is 1. The van der Waals surface area contributed by atoms with Crippen molar-refractivity contribution in [1.29, 1.82) is 0 Å². The molecule has 4 aromatic rings. The second-order valence-electron chi connectivity index (χ2n) is 8.39. The SMILES string of the molecule is CCC/C=C(/c1cccc(-c2csc3c(=O)cc(N(C)C)oc23)c1)c1cccc(OC)c1C(N)=O. The summed E-state index contributed by atoms with van der Waals surface area (Å²) in [6.07, 6.45) is 3.90. The summed E-state index contributed by atoms with van der Waals surface area (Å²) in [6, 6.07) is 15.0. The van der Waals surface area contributed by atoms with Crippen LogP contribution in [0.4, 0.5) is 5.88 Å². The molecule has 0 aliphatic carbocycles. The second kappa shape index (κ2) is 10.2. The minimum Gasteiger partial charge on any atom is -0.496 e. The Balaban J connectivity index is 1.91. The van der Waals surface area contributed by atoms with Gasteiger partial charge in [-0.25, -0.2) is 0 Å². The van der Waals surface area contributed by atoms with E-state index in [1.807, 2.05) is 49.8 Å². The Hall–Kier alpha value is -3.84. The van der Waals surface area contributed by atoms with Crippen LogP contribution in [0.15, 0.2) is 69.2 Å². The van der Waals surface area contributed by atoms with E-state index >= 15 is 0 Å². The Morgan fingerprint density at radius 2 is 1.94 bits per heavy atom. The third-order valence-electron chi connectivity index (χ3n) is 5.78. The van der Waals surface area contributed by atoms with Crippen LogP contribution < -0.4 is 20.8 Å². The van der Waals surface area contributed by atoms with Gasteiger partial charge in [-0.15, -0.1) is 11.3 Å². The molecule has 2 aromatic heterocycles. The van der Waals surface area contributed by atoms with Crippen LogP contribution in [0, 0.1) is 0 Å². The van der Waals surface area contributed by atoms with Crippen LogP contribution in [0.1, 0.15) is 41.3 Å². The minimum absolute atomic E-state index is 0.0617. The van der Waals surface area contributed by atoms with Crippen LogP contribution in [0.3, 0.4) is 0 Å². The molecular weight excluding hydrogens is 460 g/mol. The summed E-state index contributed by atoms with van der Waals surface area (Å²) >= 11 is 1.37. The van der Waals surface area contributed by atoms with Gasteiger partial charge in [0, 0.05) is 31.1 Å². The summed E-state index contributed by atoms with van der Waals surface area (Å²) in [7, 11) is 5.21. The van der Waals surface area contributed by atoms with Gasteiger partial charge in [-0.1, -0.05) is 49.8 Å². The van der Waals surface area contributed by atoms with E-state index in [2.05, 4.69) is 19.1 Å². The zero-order chi connectivity index (χ0) is 25.1. The molecule has 2 N–H and O–H groups in total. The predicted octanol–water partition coefficient (Wildman–Crippen LogP) is 5.93. The number of hydrogen-bond acceptors (Lipinski definition) is 6. The summed E-state index contributed by atoms with van der Waals surface area (Å²) in [5.41, 5.74) is 10.9. The first kappa shape index (κ1) is 24.3. The molecule has 0 bridgehead atoms. The molecule has 0 saturated carbocycles. The van der Waals surface area contributed by atoms with Crippen LogP contribution in [0.2, 0.25) is 0 Å². The Morgan fingerprint density at radius 1 is 1.17 bits per heavy atom. The number of unbranched alkanes of at least 4 members (excludes halogenated alkanes) is 1. The molecule has 0 saturated heterocycles. The van der Waals surface area contributed by atoms with Crippen LogP contribution in [-0.4, -0.2) is 27.1 Å². The second-order valence-corrected chi connectivity index (χ2v) is 9.26. The molecular formula is C28H28N2O4S. The van der Waals surface area contributed by atoms with Gasteiger partial charge in [0.2, 0.25) is 5.43 Å². The minimum atomic E-state index is -0.544. The van der Waals surface area contributed by atoms with Crippen LogP contribution in [0.25, 0.3) is 27.0 Å². The average molecular weight is 489 g/mol. The van der Waals surface area contributed by atoms with E-state index in [9.17, 15) is 9.59 Å². The lowest BCUT2D eigenvalue weighted by Gasteiger charge is -2.16. The van der Waals surface area contributed by atoms with Crippen LogP contribution in [-0.2, 0) is 0 Å². The van der Waals surface area contributed by atoms with E-state index in [1.54, 1.807) is 11.0 Å². The van der Waals surface area contributed by atoms with Gasteiger partial charge in [0.05, 0.1) is 12.7 Å². The quantitative estimate of drug-likeness (QED) is 0.332. The van der Waals surface area contributed by atoms with Crippen molar-refractivity contribution in [1.82, 2.24) is 0 Å². The summed E-state index contributed by atoms with van der Waals surface area (Å²) in [4.78, 5) is 26.8. The monoisotopic (exact) mass is 488 g/mol. The van der Waals surface area contributed by atoms with Crippen molar-refractivity contribution < 1.29 is 13.9 Å². The Bertz CT molecular complexity index is 1480. The fourth-order valence-electron chi connectivity index (χ4n) is 4.06. The van der Waals surface area contributed by atoms with E-state index < -0.39 is 5.91 Å². The normalized spacial score (nSPS) is 11.6. The maximum Gasteiger partial charge on any atom is 0.253 e. The number of nitrogens with zero attached hydrogens (tertiary/aromatic N) is 1. The maximum atomic E-state index is 12.6. The number of rotatable bonds is 8. The van der Waals surface area contributed by atoms with Gasteiger partial charge in [-0.3, -0.25) is 9.59 Å². The third-order valence-corrected chi connectivity index (χ3v) is 6.75. The van der Waals surface area contributed by atoms with Gasteiger partial charge in [0.1, 0.15) is 10.4 Å². The molecule has 4 rings (SSSR count). The lowest BCUT2D eigenvalue weighted by atomic mass is 9.90. The number of carbonyl (C=O) groups excluding carboxylic acids is 1. The smallest absolute Gasteiger partial charge is 0.253 e. The van der Waals surface area contributed by atoms with E-state index in [0.29, 0.717) is 27.5 Å². The Kier molecular flexibility index (Phi) is 7.07. The lowest BCUT2D eigenvalue weighted by Crippen LogP contribution is -2.15. The number of primary amides is 1. The molecule has 0 atom stereocenters.